The number of nitrogens with zero attached hydrogens (tertiary/aromatic N) is 2. The Hall–Kier alpha value is -2.86. The largest absolute Gasteiger partial charge is 0.493 e. The number of hydrogen-bond donors (Lipinski definition) is 1. The maximum atomic E-state index is 12.6. The van der Waals surface area contributed by atoms with Gasteiger partial charge in [-0.05, 0) is 36.1 Å². The van der Waals surface area contributed by atoms with Crippen LogP contribution < -0.4 is 10.1 Å². The van der Waals surface area contributed by atoms with Crippen LogP contribution in [0.5, 0.6) is 5.75 Å². The van der Waals surface area contributed by atoms with Gasteiger partial charge in [0.05, 0.1) is 18.7 Å². The van der Waals surface area contributed by atoms with Crippen molar-refractivity contribution in [2.75, 3.05) is 39.3 Å². The molecule has 31 heavy (non-hydrogen) atoms. The van der Waals surface area contributed by atoms with Crippen LogP contribution in [0.3, 0.4) is 0 Å². The summed E-state index contributed by atoms with van der Waals surface area (Å²) in [5.41, 5.74) is 3.10. The van der Waals surface area contributed by atoms with Gasteiger partial charge in [-0.3, -0.25) is 14.5 Å². The standard InChI is InChI=1S/C25H33N3O3/c1-4-31-23-8-6-5-7-22(23)25(30)26-17-24(29)28-15-13-27(14-16-28)18-20-9-11-21(12-10-20)19(2)3/h5-12,19H,4,13-18H2,1-3H3,(H,26,30). The molecule has 2 amide bonds. The van der Waals surface area contributed by atoms with E-state index in [0.717, 1.165) is 19.6 Å². The number of para-hydroxylation sites is 1. The van der Waals surface area contributed by atoms with E-state index in [1.807, 2.05) is 17.9 Å². The highest BCUT2D eigenvalue weighted by molar-refractivity contribution is 5.98. The lowest BCUT2D eigenvalue weighted by atomic mass is 10.0. The lowest BCUT2D eigenvalue weighted by Crippen LogP contribution is -2.50. The molecule has 0 unspecified atom stereocenters. The smallest absolute Gasteiger partial charge is 0.255 e. The molecule has 0 spiro atoms. The number of carbonyl (C=O) groups is 2. The zero-order chi connectivity index (χ0) is 22.2. The lowest BCUT2D eigenvalue weighted by molar-refractivity contribution is -0.131. The zero-order valence-electron chi connectivity index (χ0n) is 18.8. The van der Waals surface area contributed by atoms with Crippen LogP contribution in [0.2, 0.25) is 0 Å². The Balaban J connectivity index is 1.44. The Bertz CT molecular complexity index is 872. The molecule has 3 rings (SSSR count). The average molecular weight is 424 g/mol. The first-order valence-corrected chi connectivity index (χ1v) is 11.1. The Labute approximate surface area is 185 Å². The van der Waals surface area contributed by atoms with Gasteiger partial charge in [0.2, 0.25) is 5.91 Å². The molecule has 6 heteroatoms. The van der Waals surface area contributed by atoms with Gasteiger partial charge < -0.3 is 15.0 Å². The first-order valence-electron chi connectivity index (χ1n) is 11.1. The summed E-state index contributed by atoms with van der Waals surface area (Å²) in [5, 5.41) is 2.74. The minimum Gasteiger partial charge on any atom is -0.493 e. The van der Waals surface area contributed by atoms with Gasteiger partial charge in [-0.2, -0.15) is 0 Å². The second-order valence-electron chi connectivity index (χ2n) is 8.17. The molecule has 1 heterocycles. The van der Waals surface area contributed by atoms with E-state index < -0.39 is 0 Å². The van der Waals surface area contributed by atoms with Crippen LogP contribution >= 0.6 is 0 Å². The van der Waals surface area contributed by atoms with Crippen LogP contribution in [0.25, 0.3) is 0 Å². The van der Waals surface area contributed by atoms with E-state index in [1.54, 1.807) is 18.2 Å². The fraction of sp³-hybridized carbons (Fsp3) is 0.440. The number of piperazine rings is 1. The number of rotatable bonds is 8. The summed E-state index contributed by atoms with van der Waals surface area (Å²) in [4.78, 5) is 29.2. The second-order valence-corrected chi connectivity index (χ2v) is 8.17. The van der Waals surface area contributed by atoms with Gasteiger partial charge in [0.25, 0.3) is 5.91 Å². The van der Waals surface area contributed by atoms with Gasteiger partial charge in [-0.15, -0.1) is 0 Å². The Morgan fingerprint density at radius 3 is 2.32 bits per heavy atom. The van der Waals surface area contributed by atoms with Crippen molar-refractivity contribution in [3.05, 3.63) is 65.2 Å². The number of amides is 2. The molecule has 0 aromatic heterocycles. The fourth-order valence-corrected chi connectivity index (χ4v) is 3.72. The van der Waals surface area contributed by atoms with Crippen molar-refractivity contribution in [3.8, 4) is 5.75 Å². The third-order valence-corrected chi connectivity index (χ3v) is 5.61. The molecule has 0 atom stereocenters. The molecule has 0 radical (unpaired) electrons. The number of benzene rings is 2. The van der Waals surface area contributed by atoms with E-state index in [0.29, 0.717) is 36.9 Å². The van der Waals surface area contributed by atoms with Crippen molar-refractivity contribution in [2.24, 2.45) is 0 Å². The summed E-state index contributed by atoms with van der Waals surface area (Å²) in [7, 11) is 0. The van der Waals surface area contributed by atoms with Crippen molar-refractivity contribution >= 4 is 11.8 Å². The number of ether oxygens (including phenoxy) is 1. The molecule has 1 N–H and O–H groups in total. The minimum atomic E-state index is -0.291. The summed E-state index contributed by atoms with van der Waals surface area (Å²) in [6.45, 7) is 10.7. The second kappa shape index (κ2) is 11.0. The number of carbonyl (C=O) groups excluding carboxylic acids is 2. The Kier molecular flexibility index (Phi) is 8.06. The first-order chi connectivity index (χ1) is 15.0. The fourth-order valence-electron chi connectivity index (χ4n) is 3.72. The van der Waals surface area contributed by atoms with E-state index in [2.05, 4.69) is 48.3 Å². The molecule has 1 aliphatic rings. The molecule has 2 aromatic rings. The summed E-state index contributed by atoms with van der Waals surface area (Å²) in [6.07, 6.45) is 0. The molecular weight excluding hydrogens is 390 g/mol. The third-order valence-electron chi connectivity index (χ3n) is 5.61. The van der Waals surface area contributed by atoms with Crippen molar-refractivity contribution < 1.29 is 14.3 Å². The summed E-state index contributed by atoms with van der Waals surface area (Å²) in [5.74, 6) is 0.728. The maximum absolute atomic E-state index is 12.6. The van der Waals surface area contributed by atoms with E-state index in [9.17, 15) is 9.59 Å². The molecule has 0 saturated carbocycles. The van der Waals surface area contributed by atoms with Crippen LogP contribution in [-0.2, 0) is 11.3 Å². The Morgan fingerprint density at radius 2 is 1.68 bits per heavy atom. The van der Waals surface area contributed by atoms with Gasteiger partial charge in [-0.1, -0.05) is 50.2 Å². The SMILES string of the molecule is CCOc1ccccc1C(=O)NCC(=O)N1CCN(Cc2ccc(C(C)C)cc2)CC1. The van der Waals surface area contributed by atoms with Gasteiger partial charge in [-0.25, -0.2) is 0 Å². The Morgan fingerprint density at radius 1 is 1.00 bits per heavy atom. The molecule has 0 aliphatic carbocycles. The molecular formula is C25H33N3O3. The minimum absolute atomic E-state index is 0.00401. The molecule has 2 aromatic carbocycles. The molecule has 1 saturated heterocycles. The molecule has 6 nitrogen and oxygen atoms in total. The van der Waals surface area contributed by atoms with Crippen LogP contribution in [-0.4, -0.2) is 60.9 Å². The number of nitrogens with one attached hydrogen (secondary N) is 1. The van der Waals surface area contributed by atoms with Crippen LogP contribution in [0.15, 0.2) is 48.5 Å². The van der Waals surface area contributed by atoms with Crippen molar-refractivity contribution in [1.29, 1.82) is 0 Å². The van der Waals surface area contributed by atoms with Gasteiger partial charge >= 0.3 is 0 Å². The first kappa shape index (κ1) is 22.8. The predicted octanol–water partition coefficient (Wildman–Crippen LogP) is 3.28. The van der Waals surface area contributed by atoms with Crippen LogP contribution in [0, 0.1) is 0 Å². The van der Waals surface area contributed by atoms with Crippen molar-refractivity contribution in [3.63, 3.8) is 0 Å². The highest BCUT2D eigenvalue weighted by Crippen LogP contribution is 2.18. The quantitative estimate of drug-likeness (QED) is 0.708. The van der Waals surface area contributed by atoms with Gasteiger partial charge in [0, 0.05) is 32.7 Å². The van der Waals surface area contributed by atoms with E-state index in [1.165, 1.54) is 11.1 Å². The number of hydrogen-bond acceptors (Lipinski definition) is 4. The molecule has 1 aliphatic heterocycles. The third kappa shape index (κ3) is 6.31. The summed E-state index contributed by atoms with van der Waals surface area (Å²) in [6, 6.07) is 15.9. The van der Waals surface area contributed by atoms with E-state index >= 15 is 0 Å². The molecule has 1 fully saturated rings. The van der Waals surface area contributed by atoms with Crippen molar-refractivity contribution in [1.82, 2.24) is 15.1 Å². The highest BCUT2D eigenvalue weighted by atomic mass is 16.5. The molecule has 166 valence electrons. The topological polar surface area (TPSA) is 61.9 Å². The highest BCUT2D eigenvalue weighted by Gasteiger charge is 2.22. The van der Waals surface area contributed by atoms with Crippen LogP contribution in [0.4, 0.5) is 0 Å². The average Bonchev–Trinajstić information content (AvgIpc) is 2.78. The van der Waals surface area contributed by atoms with Gasteiger partial charge in [0.15, 0.2) is 0 Å². The van der Waals surface area contributed by atoms with E-state index in [-0.39, 0.29) is 18.4 Å². The summed E-state index contributed by atoms with van der Waals surface area (Å²) >= 11 is 0. The molecule has 0 bridgehead atoms. The van der Waals surface area contributed by atoms with E-state index in [4.69, 9.17) is 4.74 Å². The monoisotopic (exact) mass is 423 g/mol. The van der Waals surface area contributed by atoms with Gasteiger partial charge in [0.1, 0.15) is 5.75 Å². The predicted molar refractivity (Wildman–Crippen MR) is 122 cm³/mol. The van der Waals surface area contributed by atoms with Crippen LogP contribution in [0.1, 0.15) is 48.2 Å². The lowest BCUT2D eigenvalue weighted by Gasteiger charge is -2.34. The normalized spacial score (nSPS) is 14.5. The zero-order valence-corrected chi connectivity index (χ0v) is 18.8. The van der Waals surface area contributed by atoms with Crippen molar-refractivity contribution in [2.45, 2.75) is 33.2 Å². The maximum Gasteiger partial charge on any atom is 0.255 e. The summed E-state index contributed by atoms with van der Waals surface area (Å²) < 4.78 is 5.50.